The van der Waals surface area contributed by atoms with Gasteiger partial charge in [0.2, 0.25) is 0 Å². The SMILES string of the molecule is O=C(NSc1ccccc1F)c1ccccc1. The summed E-state index contributed by atoms with van der Waals surface area (Å²) in [6, 6.07) is 15.1. The zero-order chi connectivity index (χ0) is 12.1. The first kappa shape index (κ1) is 11.7. The van der Waals surface area contributed by atoms with Crippen LogP contribution in [0.15, 0.2) is 59.5 Å². The molecule has 2 aromatic carbocycles. The average molecular weight is 247 g/mol. The highest BCUT2D eigenvalue weighted by molar-refractivity contribution is 7.98. The largest absolute Gasteiger partial charge is 0.292 e. The van der Waals surface area contributed by atoms with Gasteiger partial charge in [-0.2, -0.15) is 0 Å². The van der Waals surface area contributed by atoms with Crippen LogP contribution in [-0.2, 0) is 0 Å². The molecule has 0 heterocycles. The number of carbonyl (C=O) groups excluding carboxylic acids is 1. The lowest BCUT2D eigenvalue weighted by Gasteiger charge is -2.04. The molecule has 0 bridgehead atoms. The third kappa shape index (κ3) is 3.07. The fourth-order valence-corrected chi connectivity index (χ4v) is 1.91. The van der Waals surface area contributed by atoms with E-state index >= 15 is 0 Å². The number of hydrogen-bond acceptors (Lipinski definition) is 2. The van der Waals surface area contributed by atoms with Crippen LogP contribution >= 0.6 is 11.9 Å². The molecule has 1 N–H and O–H groups in total. The van der Waals surface area contributed by atoms with E-state index in [1.807, 2.05) is 6.07 Å². The van der Waals surface area contributed by atoms with Crippen molar-refractivity contribution in [2.75, 3.05) is 0 Å². The van der Waals surface area contributed by atoms with Crippen molar-refractivity contribution in [2.45, 2.75) is 4.90 Å². The minimum absolute atomic E-state index is 0.237. The number of amides is 1. The lowest BCUT2D eigenvalue weighted by Crippen LogP contribution is -2.15. The van der Waals surface area contributed by atoms with E-state index in [1.54, 1.807) is 42.5 Å². The Kier molecular flexibility index (Phi) is 3.77. The maximum atomic E-state index is 13.3. The number of hydrogen-bond donors (Lipinski definition) is 1. The predicted octanol–water partition coefficient (Wildman–Crippen LogP) is 3.26. The van der Waals surface area contributed by atoms with Gasteiger partial charge in [-0.15, -0.1) is 0 Å². The summed E-state index contributed by atoms with van der Waals surface area (Å²) in [7, 11) is 0. The van der Waals surface area contributed by atoms with Crippen molar-refractivity contribution < 1.29 is 9.18 Å². The van der Waals surface area contributed by atoms with Gasteiger partial charge in [-0.3, -0.25) is 9.52 Å². The summed E-state index contributed by atoms with van der Waals surface area (Å²) in [4.78, 5) is 12.1. The highest BCUT2D eigenvalue weighted by Gasteiger charge is 2.06. The number of benzene rings is 2. The van der Waals surface area contributed by atoms with Crippen molar-refractivity contribution in [1.82, 2.24) is 4.72 Å². The summed E-state index contributed by atoms with van der Waals surface area (Å²) in [6.07, 6.45) is 0. The van der Waals surface area contributed by atoms with Gasteiger partial charge in [0.25, 0.3) is 5.91 Å². The molecular weight excluding hydrogens is 237 g/mol. The zero-order valence-electron chi connectivity index (χ0n) is 8.89. The summed E-state index contributed by atoms with van der Waals surface area (Å²) >= 11 is 0.975. The van der Waals surface area contributed by atoms with Crippen molar-refractivity contribution >= 4 is 17.9 Å². The third-order valence-electron chi connectivity index (χ3n) is 2.13. The monoisotopic (exact) mass is 247 g/mol. The van der Waals surface area contributed by atoms with E-state index in [1.165, 1.54) is 6.07 Å². The normalized spacial score (nSPS) is 9.94. The molecule has 0 radical (unpaired) electrons. The maximum Gasteiger partial charge on any atom is 0.261 e. The molecule has 2 rings (SSSR count). The lowest BCUT2D eigenvalue weighted by atomic mass is 10.2. The van der Waals surface area contributed by atoms with E-state index in [4.69, 9.17) is 0 Å². The number of carbonyl (C=O) groups is 1. The van der Waals surface area contributed by atoms with E-state index in [0.717, 1.165) is 11.9 Å². The highest BCUT2D eigenvalue weighted by Crippen LogP contribution is 2.18. The van der Waals surface area contributed by atoms with E-state index in [-0.39, 0.29) is 11.7 Å². The second-order valence-electron chi connectivity index (χ2n) is 3.33. The molecule has 0 saturated carbocycles. The Bertz CT molecular complexity index is 516. The van der Waals surface area contributed by atoms with Crippen LogP contribution in [0.3, 0.4) is 0 Å². The number of rotatable bonds is 3. The van der Waals surface area contributed by atoms with Gasteiger partial charge >= 0.3 is 0 Å². The highest BCUT2D eigenvalue weighted by atomic mass is 32.2. The van der Waals surface area contributed by atoms with Crippen LogP contribution in [0.4, 0.5) is 4.39 Å². The van der Waals surface area contributed by atoms with Gasteiger partial charge in [0.1, 0.15) is 5.82 Å². The molecule has 2 aromatic rings. The van der Waals surface area contributed by atoms with Crippen molar-refractivity contribution in [2.24, 2.45) is 0 Å². The van der Waals surface area contributed by atoms with Gasteiger partial charge in [-0.1, -0.05) is 30.3 Å². The smallest absolute Gasteiger partial charge is 0.261 e. The molecular formula is C13H10FNOS. The van der Waals surface area contributed by atoms with Gasteiger partial charge in [-0.25, -0.2) is 4.39 Å². The van der Waals surface area contributed by atoms with Crippen molar-refractivity contribution in [3.8, 4) is 0 Å². The van der Waals surface area contributed by atoms with E-state index in [2.05, 4.69) is 4.72 Å². The molecule has 0 atom stereocenters. The van der Waals surface area contributed by atoms with Crippen LogP contribution in [0.2, 0.25) is 0 Å². The fraction of sp³-hybridized carbons (Fsp3) is 0. The summed E-state index contributed by atoms with van der Waals surface area (Å²) in [5.41, 5.74) is 0.552. The van der Waals surface area contributed by atoms with Crippen molar-refractivity contribution in [1.29, 1.82) is 0 Å². The molecule has 0 aliphatic heterocycles. The van der Waals surface area contributed by atoms with Crippen molar-refractivity contribution in [3.05, 3.63) is 66.0 Å². The van der Waals surface area contributed by atoms with Crippen LogP contribution in [0.1, 0.15) is 10.4 Å². The molecule has 0 unspecified atom stereocenters. The lowest BCUT2D eigenvalue weighted by molar-refractivity contribution is 0.0984. The second kappa shape index (κ2) is 5.50. The minimum Gasteiger partial charge on any atom is -0.292 e. The first-order valence-electron chi connectivity index (χ1n) is 5.04. The molecule has 0 fully saturated rings. The van der Waals surface area contributed by atoms with Crippen LogP contribution in [0.25, 0.3) is 0 Å². The average Bonchev–Trinajstić information content (AvgIpc) is 2.38. The first-order valence-corrected chi connectivity index (χ1v) is 5.86. The Morgan fingerprint density at radius 2 is 1.65 bits per heavy atom. The Morgan fingerprint density at radius 1 is 1.00 bits per heavy atom. The second-order valence-corrected chi connectivity index (χ2v) is 4.18. The molecule has 0 aliphatic carbocycles. The minimum atomic E-state index is -0.342. The Hall–Kier alpha value is -1.81. The standard InChI is InChI=1S/C13H10FNOS/c14-11-8-4-5-9-12(11)17-15-13(16)10-6-2-1-3-7-10/h1-9H,(H,15,16). The topological polar surface area (TPSA) is 29.1 Å². The van der Waals surface area contributed by atoms with Crippen molar-refractivity contribution in [3.63, 3.8) is 0 Å². The number of nitrogens with one attached hydrogen (secondary N) is 1. The van der Waals surface area contributed by atoms with Crippen LogP contribution in [-0.4, -0.2) is 5.91 Å². The van der Waals surface area contributed by atoms with Gasteiger partial charge in [0.15, 0.2) is 0 Å². The fourth-order valence-electron chi connectivity index (χ4n) is 1.28. The van der Waals surface area contributed by atoms with Crippen LogP contribution in [0, 0.1) is 5.82 Å². The summed E-state index contributed by atoms with van der Waals surface area (Å²) in [5, 5.41) is 0. The maximum absolute atomic E-state index is 13.3. The van der Waals surface area contributed by atoms with Crippen LogP contribution in [0.5, 0.6) is 0 Å². The van der Waals surface area contributed by atoms with Crippen LogP contribution < -0.4 is 4.72 Å². The molecule has 1 amide bonds. The predicted molar refractivity (Wildman–Crippen MR) is 66.2 cm³/mol. The molecule has 17 heavy (non-hydrogen) atoms. The van der Waals surface area contributed by atoms with E-state index < -0.39 is 0 Å². The summed E-state index contributed by atoms with van der Waals surface area (Å²) in [5.74, 6) is -0.579. The van der Waals surface area contributed by atoms with Gasteiger partial charge in [0, 0.05) is 5.56 Å². The van der Waals surface area contributed by atoms with Gasteiger partial charge in [0.05, 0.1) is 4.90 Å². The molecule has 0 aliphatic rings. The Balaban J connectivity index is 2.00. The Morgan fingerprint density at radius 3 is 2.35 bits per heavy atom. The zero-order valence-corrected chi connectivity index (χ0v) is 9.71. The summed E-state index contributed by atoms with van der Waals surface area (Å²) < 4.78 is 15.9. The first-order chi connectivity index (χ1) is 8.27. The van der Waals surface area contributed by atoms with E-state index in [0.29, 0.717) is 10.5 Å². The quantitative estimate of drug-likeness (QED) is 0.843. The van der Waals surface area contributed by atoms with Gasteiger partial charge < -0.3 is 0 Å². The Labute approximate surface area is 103 Å². The molecule has 86 valence electrons. The third-order valence-corrected chi connectivity index (χ3v) is 2.96. The molecule has 0 aromatic heterocycles. The molecule has 0 spiro atoms. The molecule has 0 saturated heterocycles. The summed E-state index contributed by atoms with van der Waals surface area (Å²) in [6.45, 7) is 0. The number of halogens is 1. The molecule has 2 nitrogen and oxygen atoms in total. The molecule has 4 heteroatoms. The van der Waals surface area contributed by atoms with E-state index in [9.17, 15) is 9.18 Å². The van der Waals surface area contributed by atoms with Gasteiger partial charge in [-0.05, 0) is 36.2 Å².